The van der Waals surface area contributed by atoms with E-state index in [1.165, 1.54) is 22.9 Å². The van der Waals surface area contributed by atoms with Gasteiger partial charge in [0, 0.05) is 5.69 Å². The van der Waals surface area contributed by atoms with Crippen molar-refractivity contribution in [1.29, 1.82) is 0 Å². The van der Waals surface area contributed by atoms with Gasteiger partial charge in [-0.05, 0) is 41.2 Å². The molecular formula is C15H20N2O2S. The fourth-order valence-electron chi connectivity index (χ4n) is 3.14. The van der Waals surface area contributed by atoms with Crippen molar-refractivity contribution in [3.8, 4) is 0 Å². The van der Waals surface area contributed by atoms with E-state index in [-0.39, 0.29) is 5.41 Å². The molecule has 5 heteroatoms. The van der Waals surface area contributed by atoms with Crippen LogP contribution in [-0.2, 0) is 5.41 Å². The van der Waals surface area contributed by atoms with Gasteiger partial charge in [0.1, 0.15) is 5.03 Å². The standard InChI is InChI=1S/C15H20N2O2S/c1-10-8-15(2,3)11-6-5-7-12(14(10)11)16-13(20-4)9-17(18)19/h5-7,9-10,16H,8H2,1-4H3/t10-/m0/s1. The molecule has 0 saturated heterocycles. The molecular weight excluding hydrogens is 272 g/mol. The second kappa shape index (κ2) is 5.48. The van der Waals surface area contributed by atoms with Crippen molar-refractivity contribution >= 4 is 17.4 Å². The summed E-state index contributed by atoms with van der Waals surface area (Å²) in [6.07, 6.45) is 3.96. The third-order valence-electron chi connectivity index (χ3n) is 3.84. The number of fused-ring (bicyclic) bond motifs is 1. The van der Waals surface area contributed by atoms with Gasteiger partial charge in [-0.1, -0.05) is 32.9 Å². The molecule has 108 valence electrons. The summed E-state index contributed by atoms with van der Waals surface area (Å²) in [6, 6.07) is 6.19. The van der Waals surface area contributed by atoms with Crippen LogP contribution in [0, 0.1) is 10.1 Å². The Labute approximate surface area is 123 Å². The Morgan fingerprint density at radius 2 is 2.25 bits per heavy atom. The van der Waals surface area contributed by atoms with Crippen LogP contribution >= 0.6 is 11.8 Å². The van der Waals surface area contributed by atoms with Gasteiger partial charge >= 0.3 is 0 Å². The predicted octanol–water partition coefficient (Wildman–Crippen LogP) is 4.32. The Bertz CT molecular complexity index is 567. The average molecular weight is 292 g/mol. The van der Waals surface area contributed by atoms with Crippen molar-refractivity contribution in [2.24, 2.45) is 0 Å². The lowest BCUT2D eigenvalue weighted by molar-refractivity contribution is -0.402. The molecule has 1 N–H and O–H groups in total. The van der Waals surface area contributed by atoms with E-state index in [4.69, 9.17) is 0 Å². The topological polar surface area (TPSA) is 55.2 Å². The molecule has 0 aromatic heterocycles. The molecule has 0 saturated carbocycles. The van der Waals surface area contributed by atoms with Crippen LogP contribution in [0.15, 0.2) is 29.4 Å². The molecule has 20 heavy (non-hydrogen) atoms. The summed E-state index contributed by atoms with van der Waals surface area (Å²) >= 11 is 1.35. The molecule has 1 aromatic carbocycles. The third kappa shape index (κ3) is 2.82. The highest BCUT2D eigenvalue weighted by atomic mass is 32.2. The number of nitrogens with zero attached hydrogens (tertiary/aromatic N) is 1. The summed E-state index contributed by atoms with van der Waals surface area (Å²) in [5.74, 6) is 0.461. The molecule has 0 aliphatic heterocycles. The number of nitrogens with one attached hydrogen (secondary N) is 1. The molecule has 0 radical (unpaired) electrons. The molecule has 1 aliphatic rings. The predicted molar refractivity (Wildman–Crippen MR) is 84.7 cm³/mol. The maximum absolute atomic E-state index is 10.6. The van der Waals surface area contributed by atoms with Crippen LogP contribution in [0.3, 0.4) is 0 Å². The summed E-state index contributed by atoms with van der Waals surface area (Å²) in [4.78, 5) is 10.2. The van der Waals surface area contributed by atoms with E-state index in [1.54, 1.807) is 0 Å². The molecule has 0 fully saturated rings. The Morgan fingerprint density at radius 1 is 1.55 bits per heavy atom. The first-order valence-corrected chi connectivity index (χ1v) is 7.87. The lowest BCUT2D eigenvalue weighted by atomic mass is 9.86. The number of nitro groups is 1. The number of rotatable bonds is 4. The van der Waals surface area contributed by atoms with Gasteiger partial charge < -0.3 is 5.32 Å². The molecule has 0 heterocycles. The Morgan fingerprint density at radius 3 is 2.85 bits per heavy atom. The van der Waals surface area contributed by atoms with Crippen LogP contribution in [0.1, 0.15) is 44.2 Å². The molecule has 0 unspecified atom stereocenters. The van der Waals surface area contributed by atoms with E-state index in [0.717, 1.165) is 18.3 Å². The zero-order valence-corrected chi connectivity index (χ0v) is 13.1. The zero-order chi connectivity index (χ0) is 14.9. The van der Waals surface area contributed by atoms with Crippen molar-refractivity contribution in [3.05, 3.63) is 50.7 Å². The first kappa shape index (κ1) is 14.9. The van der Waals surface area contributed by atoms with Gasteiger partial charge in [-0.2, -0.15) is 0 Å². The maximum Gasteiger partial charge on any atom is 0.264 e. The van der Waals surface area contributed by atoms with Crippen molar-refractivity contribution in [2.75, 3.05) is 11.6 Å². The second-order valence-corrected chi connectivity index (χ2v) is 6.71. The highest BCUT2D eigenvalue weighted by Gasteiger charge is 2.36. The van der Waals surface area contributed by atoms with E-state index in [9.17, 15) is 10.1 Å². The molecule has 2 rings (SSSR count). The van der Waals surface area contributed by atoms with E-state index in [2.05, 4.69) is 32.2 Å². The molecule has 0 bridgehead atoms. The number of benzene rings is 1. The van der Waals surface area contributed by atoms with Gasteiger partial charge in [0.25, 0.3) is 6.20 Å². The largest absolute Gasteiger partial charge is 0.345 e. The van der Waals surface area contributed by atoms with Crippen LogP contribution in [0.25, 0.3) is 0 Å². The van der Waals surface area contributed by atoms with Crippen molar-refractivity contribution in [3.63, 3.8) is 0 Å². The molecule has 1 aromatic rings. The first-order valence-electron chi connectivity index (χ1n) is 6.65. The van der Waals surface area contributed by atoms with Crippen LogP contribution in [-0.4, -0.2) is 11.2 Å². The zero-order valence-electron chi connectivity index (χ0n) is 12.3. The molecule has 1 atom stereocenters. The Balaban J connectivity index is 2.41. The first-order chi connectivity index (χ1) is 9.35. The number of anilines is 1. The van der Waals surface area contributed by atoms with Crippen molar-refractivity contribution < 1.29 is 4.92 Å². The van der Waals surface area contributed by atoms with Gasteiger partial charge in [0.2, 0.25) is 0 Å². The van der Waals surface area contributed by atoms with Crippen LogP contribution in [0.2, 0.25) is 0 Å². The third-order valence-corrected chi connectivity index (χ3v) is 4.49. The van der Waals surface area contributed by atoms with E-state index < -0.39 is 4.92 Å². The van der Waals surface area contributed by atoms with E-state index in [0.29, 0.717) is 10.9 Å². The van der Waals surface area contributed by atoms with Crippen LogP contribution in [0.4, 0.5) is 5.69 Å². The SMILES string of the molecule is CSC(=C[N+](=O)[O-])Nc1cccc2c1[C@@H](C)CC2(C)C. The smallest absolute Gasteiger partial charge is 0.264 e. The fourth-order valence-corrected chi connectivity index (χ4v) is 3.54. The molecule has 1 aliphatic carbocycles. The van der Waals surface area contributed by atoms with E-state index >= 15 is 0 Å². The van der Waals surface area contributed by atoms with Gasteiger partial charge in [0.15, 0.2) is 0 Å². The quantitative estimate of drug-likeness (QED) is 0.663. The van der Waals surface area contributed by atoms with Gasteiger partial charge in [-0.25, -0.2) is 0 Å². The minimum absolute atomic E-state index is 0.165. The second-order valence-electron chi connectivity index (χ2n) is 5.86. The highest BCUT2D eigenvalue weighted by Crippen LogP contribution is 2.48. The number of hydrogen-bond donors (Lipinski definition) is 1. The van der Waals surface area contributed by atoms with Gasteiger partial charge in [0.05, 0.1) is 4.92 Å². The van der Waals surface area contributed by atoms with Crippen LogP contribution < -0.4 is 5.32 Å². The maximum atomic E-state index is 10.6. The Hall–Kier alpha value is -1.49. The monoisotopic (exact) mass is 292 g/mol. The summed E-state index contributed by atoms with van der Waals surface area (Å²) < 4.78 is 0. The number of thioether (sulfide) groups is 1. The summed E-state index contributed by atoms with van der Waals surface area (Å²) in [7, 11) is 0. The van der Waals surface area contributed by atoms with Crippen molar-refractivity contribution in [1.82, 2.24) is 0 Å². The lowest BCUT2D eigenvalue weighted by Crippen LogP contribution is -2.12. The minimum Gasteiger partial charge on any atom is -0.345 e. The molecule has 4 nitrogen and oxygen atoms in total. The van der Waals surface area contributed by atoms with E-state index in [1.807, 2.05) is 18.4 Å². The fraction of sp³-hybridized carbons (Fsp3) is 0.467. The Kier molecular flexibility index (Phi) is 4.09. The van der Waals surface area contributed by atoms with Crippen molar-refractivity contribution in [2.45, 2.75) is 38.5 Å². The average Bonchev–Trinajstić information content (AvgIpc) is 2.59. The summed E-state index contributed by atoms with van der Waals surface area (Å²) in [6.45, 7) is 6.72. The molecule has 0 amide bonds. The summed E-state index contributed by atoms with van der Waals surface area (Å²) in [5, 5.41) is 14.4. The number of hydrogen-bond acceptors (Lipinski definition) is 4. The normalized spacial score (nSPS) is 20.6. The van der Waals surface area contributed by atoms with Gasteiger partial charge in [-0.15, -0.1) is 11.8 Å². The summed E-state index contributed by atoms with van der Waals surface area (Å²) in [5.41, 5.74) is 3.79. The minimum atomic E-state index is -0.421. The molecule has 0 spiro atoms. The lowest BCUT2D eigenvalue weighted by Gasteiger charge is -2.19. The van der Waals surface area contributed by atoms with Crippen LogP contribution in [0.5, 0.6) is 0 Å². The highest BCUT2D eigenvalue weighted by molar-refractivity contribution is 8.02. The van der Waals surface area contributed by atoms with Gasteiger partial charge in [-0.3, -0.25) is 10.1 Å².